The highest BCUT2D eigenvalue weighted by Gasteiger charge is 2.22. The number of rotatable bonds is 9. The number of sulfonamides is 1. The van der Waals surface area contributed by atoms with E-state index in [4.69, 9.17) is 0 Å². The quantitative estimate of drug-likeness (QED) is 0.585. The molecule has 0 aliphatic carbocycles. The van der Waals surface area contributed by atoms with Crippen molar-refractivity contribution in [1.82, 2.24) is 15.4 Å². The van der Waals surface area contributed by atoms with E-state index in [-0.39, 0.29) is 37.2 Å². The topological polar surface area (TPSA) is 87.3 Å². The van der Waals surface area contributed by atoms with E-state index in [0.717, 1.165) is 31.5 Å². The van der Waals surface area contributed by atoms with E-state index >= 15 is 0 Å². The molecule has 2 atom stereocenters. The van der Waals surface area contributed by atoms with Crippen molar-refractivity contribution in [2.24, 2.45) is 11.8 Å². The standard InChI is InChI=1S/C18H29N3O3S.ClH/c1-15(17-8-5-9-19-14-17)12-18(22)20-10-11-25(23,24)21-13-16-6-3-2-4-7-16;/h2-4,6-7,15,17,19,21H,5,8-14H2,1H3,(H,20,22);1H. The normalized spacial score (nSPS) is 18.6. The Morgan fingerprint density at radius 2 is 2.04 bits per heavy atom. The summed E-state index contributed by atoms with van der Waals surface area (Å²) >= 11 is 0. The predicted molar refractivity (Wildman–Crippen MR) is 107 cm³/mol. The molecular formula is C18H30ClN3O3S. The fraction of sp³-hybridized carbons (Fsp3) is 0.611. The van der Waals surface area contributed by atoms with E-state index < -0.39 is 10.0 Å². The van der Waals surface area contributed by atoms with E-state index in [2.05, 4.69) is 22.3 Å². The molecule has 0 spiro atoms. The largest absolute Gasteiger partial charge is 0.355 e. The van der Waals surface area contributed by atoms with Gasteiger partial charge in [0.15, 0.2) is 0 Å². The molecule has 1 aliphatic rings. The molecule has 3 N–H and O–H groups in total. The summed E-state index contributed by atoms with van der Waals surface area (Å²) in [6.07, 6.45) is 2.75. The van der Waals surface area contributed by atoms with Crippen LogP contribution in [0.3, 0.4) is 0 Å². The summed E-state index contributed by atoms with van der Waals surface area (Å²) in [5.74, 6) is 0.651. The van der Waals surface area contributed by atoms with E-state index in [9.17, 15) is 13.2 Å². The number of piperidine rings is 1. The molecule has 1 fully saturated rings. The number of carbonyl (C=O) groups is 1. The van der Waals surface area contributed by atoms with Gasteiger partial charge in [0, 0.05) is 19.5 Å². The molecule has 2 unspecified atom stereocenters. The molecule has 2 rings (SSSR count). The Hall–Kier alpha value is -1.15. The van der Waals surface area contributed by atoms with Crippen molar-refractivity contribution in [3.63, 3.8) is 0 Å². The summed E-state index contributed by atoms with van der Waals surface area (Å²) in [7, 11) is -3.40. The van der Waals surface area contributed by atoms with Crippen LogP contribution in [-0.4, -0.2) is 39.7 Å². The highest BCUT2D eigenvalue weighted by Crippen LogP contribution is 2.22. The average Bonchev–Trinajstić information content (AvgIpc) is 2.61. The molecule has 1 amide bonds. The molecule has 1 heterocycles. The Kier molecular flexibility index (Phi) is 10.2. The molecule has 1 aliphatic heterocycles. The zero-order valence-corrected chi connectivity index (χ0v) is 16.9. The average molecular weight is 404 g/mol. The van der Waals surface area contributed by atoms with Gasteiger partial charge in [-0.3, -0.25) is 4.79 Å². The molecule has 6 nitrogen and oxygen atoms in total. The number of benzene rings is 1. The number of amides is 1. The number of nitrogens with one attached hydrogen (secondary N) is 3. The van der Waals surface area contributed by atoms with Crippen LogP contribution in [0.5, 0.6) is 0 Å². The zero-order valence-electron chi connectivity index (χ0n) is 15.2. The van der Waals surface area contributed by atoms with Crippen LogP contribution in [0.25, 0.3) is 0 Å². The van der Waals surface area contributed by atoms with Gasteiger partial charge in [0.2, 0.25) is 15.9 Å². The van der Waals surface area contributed by atoms with Crippen molar-refractivity contribution in [3.05, 3.63) is 35.9 Å². The van der Waals surface area contributed by atoms with E-state index in [1.165, 1.54) is 0 Å². The SMILES string of the molecule is CC(CC(=O)NCCS(=O)(=O)NCc1ccccc1)C1CCCNC1.Cl. The minimum atomic E-state index is -3.40. The highest BCUT2D eigenvalue weighted by atomic mass is 35.5. The maximum absolute atomic E-state index is 12.0. The predicted octanol–water partition coefficient (Wildman–Crippen LogP) is 1.67. The van der Waals surface area contributed by atoms with Gasteiger partial charge >= 0.3 is 0 Å². The fourth-order valence-corrected chi connectivity index (χ4v) is 3.98. The lowest BCUT2D eigenvalue weighted by Crippen LogP contribution is -2.37. The van der Waals surface area contributed by atoms with Crippen molar-refractivity contribution < 1.29 is 13.2 Å². The van der Waals surface area contributed by atoms with Crippen LogP contribution in [0, 0.1) is 11.8 Å². The number of carbonyl (C=O) groups excluding carboxylic acids is 1. The lowest BCUT2D eigenvalue weighted by molar-refractivity contribution is -0.122. The number of halogens is 1. The van der Waals surface area contributed by atoms with Gasteiger partial charge in [-0.2, -0.15) is 0 Å². The highest BCUT2D eigenvalue weighted by molar-refractivity contribution is 7.89. The Labute approximate surface area is 163 Å². The maximum atomic E-state index is 12.0. The summed E-state index contributed by atoms with van der Waals surface area (Å²) in [4.78, 5) is 12.0. The smallest absolute Gasteiger partial charge is 0.220 e. The third-order valence-corrected chi connectivity index (χ3v) is 6.00. The number of hydrogen-bond acceptors (Lipinski definition) is 4. The third-order valence-electron chi connectivity index (χ3n) is 4.68. The Morgan fingerprint density at radius 1 is 1.31 bits per heavy atom. The summed E-state index contributed by atoms with van der Waals surface area (Å²) in [5, 5.41) is 6.09. The van der Waals surface area contributed by atoms with Crippen LogP contribution in [0.4, 0.5) is 0 Å². The van der Waals surface area contributed by atoms with Crippen molar-refractivity contribution in [2.45, 2.75) is 32.7 Å². The summed E-state index contributed by atoms with van der Waals surface area (Å²) in [5.41, 5.74) is 0.907. The molecule has 1 aromatic rings. The molecule has 26 heavy (non-hydrogen) atoms. The van der Waals surface area contributed by atoms with Gasteiger partial charge in [0.25, 0.3) is 0 Å². The van der Waals surface area contributed by atoms with Crippen LogP contribution < -0.4 is 15.4 Å². The first-order valence-electron chi connectivity index (χ1n) is 8.95. The molecule has 0 bridgehead atoms. The van der Waals surface area contributed by atoms with Crippen molar-refractivity contribution in [1.29, 1.82) is 0 Å². The molecule has 148 valence electrons. The van der Waals surface area contributed by atoms with Crippen LogP contribution >= 0.6 is 12.4 Å². The molecule has 0 saturated carbocycles. The van der Waals surface area contributed by atoms with Gasteiger partial charge in [-0.15, -0.1) is 12.4 Å². The lowest BCUT2D eigenvalue weighted by Gasteiger charge is -2.28. The van der Waals surface area contributed by atoms with Gasteiger partial charge < -0.3 is 10.6 Å². The summed E-state index contributed by atoms with van der Waals surface area (Å²) < 4.78 is 26.5. The van der Waals surface area contributed by atoms with Crippen LogP contribution in [0.15, 0.2) is 30.3 Å². The second-order valence-corrected chi connectivity index (χ2v) is 8.69. The van der Waals surface area contributed by atoms with Crippen LogP contribution in [0.1, 0.15) is 31.7 Å². The van der Waals surface area contributed by atoms with Gasteiger partial charge in [-0.25, -0.2) is 13.1 Å². The van der Waals surface area contributed by atoms with E-state index in [0.29, 0.717) is 18.3 Å². The second kappa shape index (κ2) is 11.5. The first-order valence-corrected chi connectivity index (χ1v) is 10.6. The van der Waals surface area contributed by atoms with Gasteiger partial charge in [0.1, 0.15) is 0 Å². The van der Waals surface area contributed by atoms with Gasteiger partial charge in [-0.05, 0) is 43.3 Å². The maximum Gasteiger partial charge on any atom is 0.220 e. The minimum absolute atomic E-state index is 0. The van der Waals surface area contributed by atoms with E-state index in [1.54, 1.807) is 0 Å². The molecule has 8 heteroatoms. The summed E-state index contributed by atoms with van der Waals surface area (Å²) in [6.45, 7) is 4.52. The lowest BCUT2D eigenvalue weighted by atomic mass is 9.85. The molecule has 0 aromatic heterocycles. The zero-order chi connectivity index (χ0) is 18.1. The monoisotopic (exact) mass is 403 g/mol. The Morgan fingerprint density at radius 3 is 2.69 bits per heavy atom. The van der Waals surface area contributed by atoms with Gasteiger partial charge in [-0.1, -0.05) is 37.3 Å². The van der Waals surface area contributed by atoms with Crippen LogP contribution in [0.2, 0.25) is 0 Å². The van der Waals surface area contributed by atoms with Crippen molar-refractivity contribution >= 4 is 28.3 Å². The first kappa shape index (κ1) is 22.9. The second-order valence-electron chi connectivity index (χ2n) is 6.76. The molecule has 0 radical (unpaired) electrons. The first-order chi connectivity index (χ1) is 12.0. The third kappa shape index (κ3) is 8.49. The Balaban J connectivity index is 0.00000338. The Bertz CT molecular complexity index is 634. The number of hydrogen-bond donors (Lipinski definition) is 3. The molecule has 1 saturated heterocycles. The molecule has 1 aromatic carbocycles. The van der Waals surface area contributed by atoms with Gasteiger partial charge in [0.05, 0.1) is 5.75 Å². The summed E-state index contributed by atoms with van der Waals surface area (Å²) in [6, 6.07) is 9.36. The minimum Gasteiger partial charge on any atom is -0.355 e. The van der Waals surface area contributed by atoms with Crippen molar-refractivity contribution in [2.75, 3.05) is 25.4 Å². The van der Waals surface area contributed by atoms with E-state index in [1.807, 2.05) is 30.3 Å². The van der Waals surface area contributed by atoms with Crippen LogP contribution in [-0.2, 0) is 21.4 Å². The molecular weight excluding hydrogens is 374 g/mol. The fourth-order valence-electron chi connectivity index (χ4n) is 3.08. The van der Waals surface area contributed by atoms with Crippen molar-refractivity contribution in [3.8, 4) is 0 Å².